The van der Waals surface area contributed by atoms with E-state index in [0.717, 1.165) is 51.5 Å². The van der Waals surface area contributed by atoms with E-state index >= 15 is 0 Å². The van der Waals surface area contributed by atoms with Gasteiger partial charge in [0.2, 0.25) is 0 Å². The molecular weight excluding hydrogens is 420 g/mol. The first kappa shape index (κ1) is 20.6. The van der Waals surface area contributed by atoms with Crippen molar-refractivity contribution in [3.05, 3.63) is 34.7 Å². The monoisotopic (exact) mass is 446 g/mol. The van der Waals surface area contributed by atoms with Gasteiger partial charge >= 0.3 is 6.09 Å². The lowest BCUT2D eigenvalue weighted by atomic mass is 10.2. The van der Waals surface area contributed by atoms with Gasteiger partial charge < -0.3 is 14.6 Å². The zero-order chi connectivity index (χ0) is 20.3. The number of hydrogen-bond acceptors (Lipinski definition) is 4. The summed E-state index contributed by atoms with van der Waals surface area (Å²) in [4.78, 5) is 21.4. The molecule has 0 aliphatic rings. The van der Waals surface area contributed by atoms with Gasteiger partial charge in [-0.15, -0.1) is 0 Å². The summed E-state index contributed by atoms with van der Waals surface area (Å²) in [5.41, 5.74) is 2.37. The molecule has 0 spiro atoms. The number of nitrogens with one attached hydrogen (secondary N) is 1. The van der Waals surface area contributed by atoms with Crippen molar-refractivity contribution >= 4 is 44.0 Å². The molecule has 1 aromatic carbocycles. The molecule has 150 valence electrons. The highest BCUT2D eigenvalue weighted by molar-refractivity contribution is 9.10. The predicted molar refractivity (Wildman–Crippen MR) is 116 cm³/mol. The Kier molecular flexibility index (Phi) is 6.23. The molecule has 0 aliphatic heterocycles. The number of alkyl carbamates (subject to hydrolysis) is 1. The fraction of sp³-hybridized carbons (Fsp3) is 0.476. The summed E-state index contributed by atoms with van der Waals surface area (Å²) in [5, 5.41) is 3.91. The fourth-order valence-corrected chi connectivity index (χ4v) is 3.54. The van der Waals surface area contributed by atoms with Crippen LogP contribution in [0.1, 0.15) is 46.4 Å². The lowest BCUT2D eigenvalue weighted by Crippen LogP contribution is -2.34. The molecule has 3 aromatic rings. The first-order chi connectivity index (χ1) is 13.3. The van der Waals surface area contributed by atoms with Crippen LogP contribution >= 0.6 is 15.9 Å². The average Bonchev–Trinajstić information content (AvgIpc) is 2.96. The summed E-state index contributed by atoms with van der Waals surface area (Å²) in [6.45, 7) is 8.84. The normalized spacial score (nSPS) is 11.9. The average molecular weight is 447 g/mol. The van der Waals surface area contributed by atoms with Crippen LogP contribution in [0.25, 0.3) is 21.9 Å². The van der Waals surface area contributed by atoms with E-state index in [-0.39, 0.29) is 0 Å². The van der Waals surface area contributed by atoms with Crippen molar-refractivity contribution in [3.63, 3.8) is 0 Å². The molecule has 3 rings (SSSR count). The molecule has 1 N–H and O–H groups in total. The smallest absolute Gasteiger partial charge is 0.407 e. The second kappa shape index (κ2) is 8.47. The quantitative estimate of drug-likeness (QED) is 0.563. The van der Waals surface area contributed by atoms with E-state index in [1.54, 1.807) is 0 Å². The van der Waals surface area contributed by atoms with Gasteiger partial charge in [-0.25, -0.2) is 9.78 Å². The molecule has 2 heterocycles. The molecule has 28 heavy (non-hydrogen) atoms. The van der Waals surface area contributed by atoms with Crippen LogP contribution in [0.2, 0.25) is 0 Å². The summed E-state index contributed by atoms with van der Waals surface area (Å²) in [6, 6.07) is 6.10. The predicted octanol–water partition coefficient (Wildman–Crippen LogP) is 5.21. The van der Waals surface area contributed by atoms with Crippen molar-refractivity contribution in [2.45, 2.75) is 59.1 Å². The van der Waals surface area contributed by atoms with Gasteiger partial charge in [-0.1, -0.05) is 29.3 Å². The summed E-state index contributed by atoms with van der Waals surface area (Å²) >= 11 is 3.51. The van der Waals surface area contributed by atoms with Gasteiger partial charge in [-0.2, -0.15) is 0 Å². The number of imidazole rings is 1. The van der Waals surface area contributed by atoms with E-state index in [9.17, 15) is 4.79 Å². The maximum absolute atomic E-state index is 12.0. The van der Waals surface area contributed by atoms with Crippen LogP contribution in [0.3, 0.4) is 0 Å². The summed E-state index contributed by atoms with van der Waals surface area (Å²) in [7, 11) is 0. The van der Waals surface area contributed by atoms with E-state index in [0.29, 0.717) is 13.1 Å². The highest BCUT2D eigenvalue weighted by atomic mass is 79.9. The van der Waals surface area contributed by atoms with Crippen molar-refractivity contribution in [2.24, 2.45) is 0 Å². The van der Waals surface area contributed by atoms with Gasteiger partial charge in [0.1, 0.15) is 16.9 Å². The number of rotatable bonds is 6. The molecule has 6 nitrogen and oxygen atoms in total. The molecule has 1 amide bonds. The van der Waals surface area contributed by atoms with E-state index < -0.39 is 11.7 Å². The summed E-state index contributed by atoms with van der Waals surface area (Å²) in [5.74, 6) is 1.03. The Balaban J connectivity index is 1.92. The Hall–Kier alpha value is -2.15. The van der Waals surface area contributed by atoms with Crippen molar-refractivity contribution in [1.29, 1.82) is 0 Å². The second-order valence-corrected chi connectivity index (χ2v) is 8.78. The van der Waals surface area contributed by atoms with Gasteiger partial charge in [0.25, 0.3) is 0 Å². The largest absolute Gasteiger partial charge is 0.444 e. The zero-order valence-electron chi connectivity index (χ0n) is 16.9. The van der Waals surface area contributed by atoms with Crippen LogP contribution in [0.5, 0.6) is 0 Å². The third kappa shape index (κ3) is 4.82. The minimum Gasteiger partial charge on any atom is -0.444 e. The van der Waals surface area contributed by atoms with Gasteiger partial charge in [-0.3, -0.25) is 4.98 Å². The fourth-order valence-electron chi connectivity index (χ4n) is 3.19. The number of pyridine rings is 1. The molecule has 0 unspecified atom stereocenters. The molecule has 0 aliphatic carbocycles. The van der Waals surface area contributed by atoms with Crippen LogP contribution < -0.4 is 5.32 Å². The van der Waals surface area contributed by atoms with Gasteiger partial charge in [0, 0.05) is 29.4 Å². The Morgan fingerprint density at radius 1 is 1.29 bits per heavy atom. The third-order valence-electron chi connectivity index (χ3n) is 4.37. The Bertz CT molecular complexity index is 991. The highest BCUT2D eigenvalue weighted by Gasteiger charge is 2.17. The molecular formula is C21H27BrN4O2. The number of unbranched alkanes of at least 4 members (excludes halogenated alkanes) is 1. The lowest BCUT2D eigenvalue weighted by Gasteiger charge is -2.20. The number of benzene rings is 1. The molecule has 0 atom stereocenters. The Labute approximate surface area is 173 Å². The molecule has 0 saturated heterocycles. The third-order valence-corrected chi connectivity index (χ3v) is 4.87. The number of carbonyl (C=O) groups is 1. The highest BCUT2D eigenvalue weighted by Crippen LogP contribution is 2.27. The number of aryl methyl sites for hydroxylation is 1. The molecule has 0 saturated carbocycles. The van der Waals surface area contributed by atoms with E-state index in [2.05, 4.69) is 43.8 Å². The first-order valence-electron chi connectivity index (χ1n) is 9.68. The van der Waals surface area contributed by atoms with Gasteiger partial charge in [0.05, 0.1) is 17.2 Å². The standard InChI is InChI=1S/C21H27BrN4O2/c1-5-6-7-18-25-17-13-24-16-12-14(22)8-9-15(16)19(17)26(18)11-10-23-20(27)28-21(2,3)4/h8-9,12-13H,5-7,10-11H2,1-4H3,(H,23,27). The summed E-state index contributed by atoms with van der Waals surface area (Å²) < 4.78 is 8.54. The number of fused-ring (bicyclic) bond motifs is 3. The van der Waals surface area contributed by atoms with Gasteiger partial charge in [0.15, 0.2) is 0 Å². The Morgan fingerprint density at radius 2 is 2.07 bits per heavy atom. The van der Waals surface area contributed by atoms with Crippen LogP contribution in [0.4, 0.5) is 4.79 Å². The number of carbonyl (C=O) groups excluding carboxylic acids is 1. The number of amides is 1. The number of hydrogen-bond donors (Lipinski definition) is 1. The van der Waals surface area contributed by atoms with E-state index in [1.807, 2.05) is 39.1 Å². The van der Waals surface area contributed by atoms with Crippen LogP contribution in [-0.2, 0) is 17.7 Å². The minimum absolute atomic E-state index is 0.400. The number of nitrogens with zero attached hydrogens (tertiary/aromatic N) is 3. The summed E-state index contributed by atoms with van der Waals surface area (Å²) in [6.07, 6.45) is 4.50. The number of ether oxygens (including phenoxy) is 1. The van der Waals surface area contributed by atoms with Crippen LogP contribution in [-0.4, -0.2) is 32.8 Å². The second-order valence-electron chi connectivity index (χ2n) is 7.87. The molecule has 7 heteroatoms. The number of aromatic nitrogens is 3. The van der Waals surface area contributed by atoms with Crippen LogP contribution in [0, 0.1) is 0 Å². The molecule has 2 aromatic heterocycles. The van der Waals surface area contributed by atoms with Crippen molar-refractivity contribution in [3.8, 4) is 0 Å². The first-order valence-corrected chi connectivity index (χ1v) is 10.5. The van der Waals surface area contributed by atoms with Crippen LogP contribution in [0.15, 0.2) is 28.9 Å². The lowest BCUT2D eigenvalue weighted by molar-refractivity contribution is 0.0526. The van der Waals surface area contributed by atoms with Crippen molar-refractivity contribution < 1.29 is 9.53 Å². The SMILES string of the molecule is CCCCc1nc2cnc3cc(Br)ccc3c2n1CCNC(=O)OC(C)(C)C. The topological polar surface area (TPSA) is 69.0 Å². The maximum atomic E-state index is 12.0. The van der Waals surface area contributed by atoms with Crippen molar-refractivity contribution in [2.75, 3.05) is 6.54 Å². The van der Waals surface area contributed by atoms with E-state index in [1.165, 1.54) is 0 Å². The zero-order valence-corrected chi connectivity index (χ0v) is 18.5. The number of halogens is 1. The van der Waals surface area contributed by atoms with Gasteiger partial charge in [-0.05, 0) is 45.4 Å². The molecule has 0 fully saturated rings. The molecule has 0 bridgehead atoms. The van der Waals surface area contributed by atoms with E-state index in [4.69, 9.17) is 9.72 Å². The van der Waals surface area contributed by atoms with Crippen molar-refractivity contribution in [1.82, 2.24) is 19.9 Å². The minimum atomic E-state index is -0.507. The maximum Gasteiger partial charge on any atom is 0.407 e. The Morgan fingerprint density at radius 3 is 2.79 bits per heavy atom. The molecule has 0 radical (unpaired) electrons.